The van der Waals surface area contributed by atoms with E-state index >= 15 is 0 Å². The van der Waals surface area contributed by atoms with Crippen LogP contribution in [0.5, 0.6) is 5.75 Å². The van der Waals surface area contributed by atoms with Gasteiger partial charge in [0.15, 0.2) is 0 Å². The number of hydrogen-bond acceptors (Lipinski definition) is 4. The van der Waals surface area contributed by atoms with Crippen LogP contribution >= 0.6 is 22.6 Å². The summed E-state index contributed by atoms with van der Waals surface area (Å²) in [5.74, 6) is 0.514. The number of nitrogens with zero attached hydrogens (tertiary/aromatic N) is 2. The maximum atomic E-state index is 11.7. The van der Waals surface area contributed by atoms with Crippen molar-refractivity contribution >= 4 is 34.7 Å². The van der Waals surface area contributed by atoms with E-state index in [1.165, 1.54) is 6.20 Å². The monoisotopic (exact) mass is 381 g/mol. The lowest BCUT2D eigenvalue weighted by Gasteiger charge is -2.03. The van der Waals surface area contributed by atoms with Gasteiger partial charge in [-0.2, -0.15) is 5.10 Å². The molecular weight excluding hydrogens is 369 g/mol. The number of halogens is 1. The number of aromatic nitrogens is 1. The Morgan fingerprint density at radius 3 is 2.95 bits per heavy atom. The van der Waals surface area contributed by atoms with Gasteiger partial charge >= 0.3 is 0 Å². The van der Waals surface area contributed by atoms with Crippen LogP contribution in [0, 0.1) is 3.57 Å². The molecule has 20 heavy (non-hydrogen) atoms. The lowest BCUT2D eigenvalue weighted by molar-refractivity contribution is 0.0955. The first-order chi connectivity index (χ1) is 9.70. The minimum absolute atomic E-state index is 0.294. The molecule has 1 amide bonds. The fourth-order valence-electron chi connectivity index (χ4n) is 1.49. The summed E-state index contributed by atoms with van der Waals surface area (Å²) >= 11 is 2.18. The third-order valence-electron chi connectivity index (χ3n) is 2.48. The van der Waals surface area contributed by atoms with Crippen molar-refractivity contribution in [1.29, 1.82) is 0 Å². The van der Waals surface area contributed by atoms with Crippen LogP contribution in [0.4, 0.5) is 0 Å². The highest BCUT2D eigenvalue weighted by Crippen LogP contribution is 2.20. The summed E-state index contributed by atoms with van der Waals surface area (Å²) < 4.78 is 6.15. The highest BCUT2D eigenvalue weighted by Gasteiger charge is 2.03. The van der Waals surface area contributed by atoms with Gasteiger partial charge in [0.25, 0.3) is 5.91 Å². The molecule has 0 atom stereocenters. The number of hydrazone groups is 1. The zero-order chi connectivity index (χ0) is 14.4. The van der Waals surface area contributed by atoms with Gasteiger partial charge in [-0.25, -0.2) is 5.43 Å². The predicted molar refractivity (Wildman–Crippen MR) is 85.0 cm³/mol. The Bertz CT molecular complexity index is 630. The highest BCUT2D eigenvalue weighted by atomic mass is 127. The molecule has 1 heterocycles. The molecule has 0 radical (unpaired) electrons. The van der Waals surface area contributed by atoms with Gasteiger partial charge in [-0.05, 0) is 58.5 Å². The Labute approximate surface area is 130 Å². The quantitative estimate of drug-likeness (QED) is 0.503. The van der Waals surface area contributed by atoms with Crippen LogP contribution in [0.1, 0.15) is 15.9 Å². The minimum Gasteiger partial charge on any atom is -0.496 e. The normalized spacial score (nSPS) is 10.5. The zero-order valence-corrected chi connectivity index (χ0v) is 12.9. The first-order valence-electron chi connectivity index (χ1n) is 5.77. The summed E-state index contributed by atoms with van der Waals surface area (Å²) in [5, 5.41) is 3.92. The lowest BCUT2D eigenvalue weighted by Crippen LogP contribution is -2.17. The van der Waals surface area contributed by atoms with Crippen molar-refractivity contribution in [3.63, 3.8) is 0 Å². The van der Waals surface area contributed by atoms with Crippen LogP contribution in [0.3, 0.4) is 0 Å². The summed E-state index contributed by atoms with van der Waals surface area (Å²) in [6.07, 6.45) is 4.68. The van der Waals surface area contributed by atoms with Gasteiger partial charge in [0.05, 0.1) is 22.5 Å². The van der Waals surface area contributed by atoms with Crippen LogP contribution in [0.25, 0.3) is 0 Å². The van der Waals surface area contributed by atoms with Gasteiger partial charge in [0, 0.05) is 12.4 Å². The van der Waals surface area contributed by atoms with E-state index in [0.717, 1.165) is 14.9 Å². The number of rotatable bonds is 4. The van der Waals surface area contributed by atoms with Gasteiger partial charge in [-0.1, -0.05) is 0 Å². The standard InChI is InChI=1S/C14H12IN3O2/c1-20-13-5-4-10(7-12(13)15)8-17-18-14(19)11-3-2-6-16-9-11/h2-9H,1H3,(H,18,19)/b17-8+. The largest absolute Gasteiger partial charge is 0.496 e. The number of benzene rings is 1. The molecule has 0 aliphatic heterocycles. The third kappa shape index (κ3) is 3.77. The second kappa shape index (κ2) is 6.99. The van der Waals surface area contributed by atoms with Gasteiger partial charge in [0.2, 0.25) is 0 Å². The molecule has 0 fully saturated rings. The number of amides is 1. The summed E-state index contributed by atoms with van der Waals surface area (Å²) in [6, 6.07) is 9.00. The van der Waals surface area contributed by atoms with E-state index in [9.17, 15) is 4.79 Å². The zero-order valence-electron chi connectivity index (χ0n) is 10.7. The van der Waals surface area contributed by atoms with Crippen LogP contribution in [-0.4, -0.2) is 24.2 Å². The number of ether oxygens (including phenoxy) is 1. The molecule has 1 N–H and O–H groups in total. The summed E-state index contributed by atoms with van der Waals surface area (Å²) in [6.45, 7) is 0. The van der Waals surface area contributed by atoms with Crippen molar-refractivity contribution in [3.8, 4) is 5.75 Å². The molecule has 0 aliphatic carbocycles. The van der Waals surface area contributed by atoms with Crippen LogP contribution < -0.4 is 10.2 Å². The molecule has 5 nitrogen and oxygen atoms in total. The molecule has 0 unspecified atom stereocenters. The second-order valence-corrected chi connectivity index (χ2v) is 5.00. The van der Waals surface area contributed by atoms with Crippen LogP contribution in [0.15, 0.2) is 47.8 Å². The molecule has 2 aromatic rings. The number of methoxy groups -OCH3 is 1. The number of hydrogen-bond donors (Lipinski definition) is 1. The van der Waals surface area contributed by atoms with Gasteiger partial charge in [0.1, 0.15) is 5.75 Å². The smallest absolute Gasteiger partial charge is 0.272 e. The van der Waals surface area contributed by atoms with Crippen molar-refractivity contribution in [1.82, 2.24) is 10.4 Å². The molecular formula is C14H12IN3O2. The summed E-state index contributed by atoms with van der Waals surface area (Å²) in [5.41, 5.74) is 3.80. The molecule has 0 saturated carbocycles. The molecule has 0 aliphatic rings. The van der Waals surface area contributed by atoms with Crippen LogP contribution in [0.2, 0.25) is 0 Å². The van der Waals surface area contributed by atoms with Crippen molar-refractivity contribution in [3.05, 3.63) is 57.4 Å². The molecule has 6 heteroatoms. The van der Waals surface area contributed by atoms with E-state index in [1.807, 2.05) is 18.2 Å². The highest BCUT2D eigenvalue weighted by molar-refractivity contribution is 14.1. The first kappa shape index (κ1) is 14.4. The van der Waals surface area contributed by atoms with Gasteiger partial charge in [-0.15, -0.1) is 0 Å². The van der Waals surface area contributed by atoms with E-state index in [4.69, 9.17) is 4.74 Å². The average molecular weight is 381 g/mol. The van der Waals surface area contributed by atoms with Crippen molar-refractivity contribution in [2.75, 3.05) is 7.11 Å². The van der Waals surface area contributed by atoms with Crippen molar-refractivity contribution in [2.45, 2.75) is 0 Å². The molecule has 0 saturated heterocycles. The SMILES string of the molecule is COc1ccc(/C=N/NC(=O)c2cccnc2)cc1I. The van der Waals surface area contributed by atoms with Gasteiger partial charge < -0.3 is 4.74 Å². The number of carbonyl (C=O) groups excluding carboxylic acids is 1. The topological polar surface area (TPSA) is 63.6 Å². The van der Waals surface area contributed by atoms with E-state index in [-0.39, 0.29) is 5.91 Å². The first-order valence-corrected chi connectivity index (χ1v) is 6.85. The fourth-order valence-corrected chi connectivity index (χ4v) is 2.25. The molecule has 2 rings (SSSR count). The Morgan fingerprint density at radius 1 is 1.45 bits per heavy atom. The van der Waals surface area contributed by atoms with E-state index in [1.54, 1.807) is 31.7 Å². The molecule has 1 aromatic heterocycles. The molecule has 0 bridgehead atoms. The molecule has 102 valence electrons. The van der Waals surface area contributed by atoms with E-state index < -0.39 is 0 Å². The Morgan fingerprint density at radius 2 is 2.30 bits per heavy atom. The summed E-state index contributed by atoms with van der Waals surface area (Å²) in [7, 11) is 1.62. The molecule has 0 spiro atoms. The predicted octanol–water partition coefficient (Wildman–Crippen LogP) is 2.46. The Balaban J connectivity index is 2.00. The average Bonchev–Trinajstić information content (AvgIpc) is 2.48. The summed E-state index contributed by atoms with van der Waals surface area (Å²) in [4.78, 5) is 15.6. The maximum absolute atomic E-state index is 11.7. The fraction of sp³-hybridized carbons (Fsp3) is 0.0714. The van der Waals surface area contributed by atoms with Crippen molar-refractivity contribution < 1.29 is 9.53 Å². The minimum atomic E-state index is -0.294. The third-order valence-corrected chi connectivity index (χ3v) is 3.32. The van der Waals surface area contributed by atoms with Gasteiger partial charge in [-0.3, -0.25) is 9.78 Å². The Kier molecular flexibility index (Phi) is 5.05. The lowest BCUT2D eigenvalue weighted by atomic mass is 10.2. The second-order valence-electron chi connectivity index (χ2n) is 3.83. The van der Waals surface area contributed by atoms with Crippen LogP contribution in [-0.2, 0) is 0 Å². The number of nitrogens with one attached hydrogen (secondary N) is 1. The number of carbonyl (C=O) groups is 1. The van der Waals surface area contributed by atoms with E-state index in [0.29, 0.717) is 5.56 Å². The molecule has 1 aromatic carbocycles. The number of pyridine rings is 1. The van der Waals surface area contributed by atoms with E-state index in [2.05, 4.69) is 38.1 Å². The maximum Gasteiger partial charge on any atom is 0.272 e. The Hall–Kier alpha value is -1.96. The van der Waals surface area contributed by atoms with Crippen molar-refractivity contribution in [2.24, 2.45) is 5.10 Å².